The molecule has 5 heteroatoms. The fourth-order valence-electron chi connectivity index (χ4n) is 4.95. The number of methoxy groups -OCH3 is 1. The van der Waals surface area contributed by atoms with Gasteiger partial charge in [-0.2, -0.15) is 0 Å². The number of aryl methyl sites for hydroxylation is 1. The summed E-state index contributed by atoms with van der Waals surface area (Å²) in [5, 5.41) is 3.07. The number of hydrogen-bond donors (Lipinski definition) is 1. The molecule has 1 aliphatic heterocycles. The average Bonchev–Trinajstić information content (AvgIpc) is 3.12. The lowest BCUT2D eigenvalue weighted by molar-refractivity contribution is 0.0189. The van der Waals surface area contributed by atoms with E-state index in [2.05, 4.69) is 10.3 Å². The van der Waals surface area contributed by atoms with Gasteiger partial charge in [0, 0.05) is 32.1 Å². The van der Waals surface area contributed by atoms with Crippen LogP contribution in [0.15, 0.2) is 18.3 Å². The van der Waals surface area contributed by atoms with Crippen LogP contribution in [-0.4, -0.2) is 41.7 Å². The Bertz CT molecular complexity index is 589. The molecule has 118 valence electrons. The molecule has 5 unspecified atom stereocenters. The normalized spacial score (nSPS) is 35.2. The largest absolute Gasteiger partial charge is 0.379 e. The number of carbonyl (C=O) groups is 1. The van der Waals surface area contributed by atoms with Crippen molar-refractivity contribution in [3.63, 3.8) is 0 Å². The van der Waals surface area contributed by atoms with Crippen molar-refractivity contribution in [1.29, 1.82) is 0 Å². The molecule has 0 spiro atoms. The fraction of sp³-hybridized carbons (Fsp3) is 0.647. The number of hydrogen-bond acceptors (Lipinski definition) is 3. The predicted octanol–water partition coefficient (Wildman–Crippen LogP) is 1.95. The zero-order valence-electron chi connectivity index (χ0n) is 13.2. The summed E-state index contributed by atoms with van der Waals surface area (Å²) in [6, 6.07) is 4.30. The molecule has 2 amide bonds. The van der Waals surface area contributed by atoms with Gasteiger partial charge in [-0.1, -0.05) is 0 Å². The average molecular weight is 301 g/mol. The number of nitrogens with zero attached hydrogens (tertiary/aromatic N) is 2. The van der Waals surface area contributed by atoms with Crippen LogP contribution in [0.2, 0.25) is 0 Å². The van der Waals surface area contributed by atoms with Gasteiger partial charge in [-0.15, -0.1) is 0 Å². The van der Waals surface area contributed by atoms with Gasteiger partial charge in [-0.25, -0.2) is 4.79 Å². The van der Waals surface area contributed by atoms with Crippen LogP contribution >= 0.6 is 0 Å². The van der Waals surface area contributed by atoms with Crippen LogP contribution in [0.4, 0.5) is 4.79 Å². The van der Waals surface area contributed by atoms with Gasteiger partial charge in [0.05, 0.1) is 12.1 Å². The number of urea groups is 1. The van der Waals surface area contributed by atoms with Crippen LogP contribution in [0, 0.1) is 24.7 Å². The summed E-state index contributed by atoms with van der Waals surface area (Å²) in [6.07, 6.45) is 4.49. The quantitative estimate of drug-likeness (QED) is 0.928. The highest BCUT2D eigenvalue weighted by atomic mass is 16.5. The van der Waals surface area contributed by atoms with Gasteiger partial charge in [0.25, 0.3) is 0 Å². The van der Waals surface area contributed by atoms with Crippen LogP contribution in [0.1, 0.15) is 24.1 Å². The molecule has 1 N–H and O–H groups in total. The standard InChI is InChI=1S/C17H23N3O2/c1-10-5-11(3-4-18-10)8-19-17(21)20-9-13-6-12-7-14(13)15(20)16(12)22-2/h3-5,12-16H,6-9H2,1-2H3,(H,19,21). The first-order valence-electron chi connectivity index (χ1n) is 8.16. The van der Waals surface area contributed by atoms with Crippen LogP contribution < -0.4 is 5.32 Å². The van der Waals surface area contributed by atoms with Crippen molar-refractivity contribution in [2.45, 2.75) is 38.5 Å². The second-order valence-electron chi connectivity index (χ2n) is 6.96. The second kappa shape index (κ2) is 5.23. The van der Waals surface area contributed by atoms with Crippen molar-refractivity contribution < 1.29 is 9.53 Å². The lowest BCUT2D eigenvalue weighted by Crippen LogP contribution is -2.48. The minimum atomic E-state index is 0.0524. The van der Waals surface area contributed by atoms with E-state index in [4.69, 9.17) is 4.74 Å². The predicted molar refractivity (Wildman–Crippen MR) is 82.2 cm³/mol. The van der Waals surface area contributed by atoms with Gasteiger partial charge in [0.1, 0.15) is 0 Å². The summed E-state index contributed by atoms with van der Waals surface area (Å²) < 4.78 is 5.70. The third kappa shape index (κ3) is 2.10. The summed E-state index contributed by atoms with van der Waals surface area (Å²) in [6.45, 7) is 3.42. The molecule has 1 saturated heterocycles. The van der Waals surface area contributed by atoms with Crippen LogP contribution in [0.3, 0.4) is 0 Å². The molecule has 2 bridgehead atoms. The van der Waals surface area contributed by atoms with Gasteiger partial charge >= 0.3 is 6.03 Å². The van der Waals surface area contributed by atoms with Gasteiger partial charge in [0.2, 0.25) is 0 Å². The number of ether oxygens (including phenoxy) is 1. The van der Waals surface area contributed by atoms with E-state index >= 15 is 0 Å². The number of nitrogens with one attached hydrogen (secondary N) is 1. The van der Waals surface area contributed by atoms with Crippen molar-refractivity contribution in [2.24, 2.45) is 17.8 Å². The molecule has 22 heavy (non-hydrogen) atoms. The van der Waals surface area contributed by atoms with Gasteiger partial charge in [-0.3, -0.25) is 4.98 Å². The molecular weight excluding hydrogens is 278 g/mol. The third-order valence-electron chi connectivity index (χ3n) is 5.75. The zero-order valence-corrected chi connectivity index (χ0v) is 13.2. The molecule has 5 atom stereocenters. The minimum absolute atomic E-state index is 0.0524. The van der Waals surface area contributed by atoms with Crippen molar-refractivity contribution in [3.05, 3.63) is 29.6 Å². The van der Waals surface area contributed by atoms with Gasteiger partial charge in [-0.05, 0) is 55.2 Å². The Morgan fingerprint density at radius 1 is 1.45 bits per heavy atom. The number of aromatic nitrogens is 1. The highest BCUT2D eigenvalue weighted by Gasteiger charge is 2.60. The van der Waals surface area contributed by atoms with Crippen molar-refractivity contribution in [2.75, 3.05) is 13.7 Å². The number of rotatable bonds is 3. The van der Waals surface area contributed by atoms with E-state index < -0.39 is 0 Å². The summed E-state index contributed by atoms with van der Waals surface area (Å²) >= 11 is 0. The Morgan fingerprint density at radius 3 is 3.09 bits per heavy atom. The molecule has 4 rings (SSSR count). The summed E-state index contributed by atoms with van der Waals surface area (Å²) in [4.78, 5) is 18.8. The molecule has 2 heterocycles. The minimum Gasteiger partial charge on any atom is -0.379 e. The molecule has 3 fully saturated rings. The molecule has 2 saturated carbocycles. The van der Waals surface area contributed by atoms with E-state index in [9.17, 15) is 4.79 Å². The maximum atomic E-state index is 12.6. The molecular formula is C17H23N3O2. The van der Waals surface area contributed by atoms with Gasteiger partial charge in [0.15, 0.2) is 0 Å². The van der Waals surface area contributed by atoms with Crippen molar-refractivity contribution in [1.82, 2.24) is 15.2 Å². The third-order valence-corrected chi connectivity index (χ3v) is 5.75. The first-order chi connectivity index (χ1) is 10.7. The zero-order chi connectivity index (χ0) is 15.3. The first-order valence-corrected chi connectivity index (χ1v) is 8.16. The van der Waals surface area contributed by atoms with Crippen molar-refractivity contribution in [3.8, 4) is 0 Å². The Kier molecular flexibility index (Phi) is 3.33. The summed E-state index contributed by atoms with van der Waals surface area (Å²) in [5.74, 6) is 2.00. The van der Waals surface area contributed by atoms with E-state index in [1.54, 1.807) is 13.3 Å². The van der Waals surface area contributed by atoms with E-state index in [0.717, 1.165) is 17.8 Å². The molecule has 0 aromatic carbocycles. The highest BCUT2D eigenvalue weighted by Crippen LogP contribution is 2.55. The van der Waals surface area contributed by atoms with E-state index in [-0.39, 0.29) is 18.2 Å². The number of amides is 2. The summed E-state index contributed by atoms with van der Waals surface area (Å²) in [5.41, 5.74) is 2.07. The molecule has 5 nitrogen and oxygen atoms in total. The Balaban J connectivity index is 1.43. The molecule has 1 aromatic heterocycles. The summed E-state index contributed by atoms with van der Waals surface area (Å²) in [7, 11) is 1.79. The van der Waals surface area contributed by atoms with Crippen LogP contribution in [-0.2, 0) is 11.3 Å². The topological polar surface area (TPSA) is 54.5 Å². The molecule has 1 aromatic rings. The molecule has 0 radical (unpaired) electrons. The monoisotopic (exact) mass is 301 g/mol. The number of carbonyl (C=O) groups excluding carboxylic acids is 1. The van der Waals surface area contributed by atoms with Gasteiger partial charge < -0.3 is 15.0 Å². The Morgan fingerprint density at radius 2 is 2.32 bits per heavy atom. The Labute approximate surface area is 131 Å². The smallest absolute Gasteiger partial charge is 0.318 e. The highest BCUT2D eigenvalue weighted by molar-refractivity contribution is 5.75. The van der Waals surface area contributed by atoms with Crippen molar-refractivity contribution >= 4 is 6.03 Å². The fourth-order valence-corrected chi connectivity index (χ4v) is 4.95. The van der Waals surface area contributed by atoms with E-state index in [1.807, 2.05) is 24.0 Å². The Hall–Kier alpha value is -1.62. The van der Waals surface area contributed by atoms with E-state index in [1.165, 1.54) is 12.8 Å². The number of likely N-dealkylation sites (tertiary alicyclic amines) is 1. The number of pyridine rings is 1. The lowest BCUT2D eigenvalue weighted by Gasteiger charge is -2.31. The van der Waals surface area contributed by atoms with Crippen LogP contribution in [0.25, 0.3) is 0 Å². The van der Waals surface area contributed by atoms with E-state index in [0.29, 0.717) is 24.3 Å². The maximum Gasteiger partial charge on any atom is 0.318 e. The van der Waals surface area contributed by atoms with Crippen LogP contribution in [0.5, 0.6) is 0 Å². The maximum absolute atomic E-state index is 12.6. The molecule has 2 aliphatic carbocycles. The number of fused-ring (bicyclic) bond motifs is 1. The second-order valence-corrected chi connectivity index (χ2v) is 6.96. The lowest BCUT2D eigenvalue weighted by atomic mass is 9.88. The molecule has 3 aliphatic rings. The SMILES string of the molecule is COC1C2CC3CN(C(=O)NCc4ccnc(C)c4)C1C3C2. The first kappa shape index (κ1) is 14.0.